The molecule has 0 fully saturated rings. The van der Waals surface area contributed by atoms with Crippen molar-refractivity contribution in [2.24, 2.45) is 4.99 Å². The molecule has 0 radical (unpaired) electrons. The highest BCUT2D eigenvalue weighted by Gasteiger charge is 2.25. The number of methoxy groups -OCH3 is 1. The molecule has 1 rings (SSSR count). The smallest absolute Gasteiger partial charge is 0.389 e. The predicted octanol–water partition coefficient (Wildman–Crippen LogP) is 3.82. The zero-order valence-corrected chi connectivity index (χ0v) is 14.7. The molecule has 0 amide bonds. The molecule has 8 heteroatoms. The number of aliphatic imine (C=N–C) groups is 1. The van der Waals surface area contributed by atoms with Gasteiger partial charge in [-0.2, -0.15) is 13.2 Å². The van der Waals surface area contributed by atoms with Gasteiger partial charge in [0.15, 0.2) is 5.96 Å². The lowest BCUT2D eigenvalue weighted by atomic mass is 10.2. The van der Waals surface area contributed by atoms with Crippen molar-refractivity contribution < 1.29 is 22.6 Å². The third-order valence-electron chi connectivity index (χ3n) is 3.26. The summed E-state index contributed by atoms with van der Waals surface area (Å²) in [5, 5.41) is 6.09. The van der Waals surface area contributed by atoms with Crippen LogP contribution in [0.25, 0.3) is 0 Å². The summed E-state index contributed by atoms with van der Waals surface area (Å²) < 4.78 is 46.9. The van der Waals surface area contributed by atoms with E-state index in [0.717, 1.165) is 17.9 Å². The number of hydrogen-bond acceptors (Lipinski definition) is 3. The summed E-state index contributed by atoms with van der Waals surface area (Å²) in [4.78, 5) is 4.06. The number of alkyl halides is 3. The molecule has 0 atom stereocenters. The Labute approximate surface area is 146 Å². The largest absolute Gasteiger partial charge is 0.493 e. The average Bonchev–Trinajstić information content (AvgIpc) is 2.57. The minimum Gasteiger partial charge on any atom is -0.493 e. The van der Waals surface area contributed by atoms with E-state index in [2.05, 4.69) is 15.6 Å². The Hall–Kier alpha value is -1.96. The first kappa shape index (κ1) is 21.1. The maximum Gasteiger partial charge on any atom is 0.389 e. The molecule has 0 heterocycles. The van der Waals surface area contributed by atoms with Gasteiger partial charge in [0.2, 0.25) is 0 Å². The summed E-state index contributed by atoms with van der Waals surface area (Å²) >= 11 is 0. The van der Waals surface area contributed by atoms with E-state index in [1.165, 1.54) is 0 Å². The van der Waals surface area contributed by atoms with Crippen LogP contribution in [0.2, 0.25) is 0 Å². The van der Waals surface area contributed by atoms with E-state index in [9.17, 15) is 13.2 Å². The molecule has 0 unspecified atom stereocenters. The maximum atomic E-state index is 12.1. The molecule has 0 aliphatic carbocycles. The van der Waals surface area contributed by atoms with E-state index in [1.54, 1.807) is 14.2 Å². The fraction of sp³-hybridized carbons (Fsp3) is 0.588. The van der Waals surface area contributed by atoms with Crippen molar-refractivity contribution in [3.8, 4) is 5.75 Å². The number of nitrogens with zero attached hydrogens (tertiary/aromatic N) is 1. The lowest BCUT2D eigenvalue weighted by molar-refractivity contribution is -0.135. The van der Waals surface area contributed by atoms with Gasteiger partial charge in [-0.15, -0.1) is 0 Å². The summed E-state index contributed by atoms with van der Waals surface area (Å²) in [5.74, 6) is 1.23. The molecule has 142 valence electrons. The van der Waals surface area contributed by atoms with Gasteiger partial charge < -0.3 is 20.1 Å². The third kappa shape index (κ3) is 10.5. The first-order valence-electron chi connectivity index (χ1n) is 8.21. The molecule has 0 bridgehead atoms. The zero-order valence-electron chi connectivity index (χ0n) is 14.7. The number of unbranched alkanes of at least 4 members (excludes halogenated alkanes) is 1. The molecule has 2 N–H and O–H groups in total. The van der Waals surface area contributed by atoms with Gasteiger partial charge in [0.25, 0.3) is 0 Å². The van der Waals surface area contributed by atoms with Crippen LogP contribution in [0.4, 0.5) is 18.9 Å². The van der Waals surface area contributed by atoms with Crippen molar-refractivity contribution in [1.29, 1.82) is 0 Å². The quantitative estimate of drug-likeness (QED) is 0.378. The standard InChI is InChI=1S/C17H26F3N3O2/c1-21-16(22-10-4-3-9-17(18,19)20)23-14-7-5-8-15(13-14)25-12-6-11-24-2/h5,7-8,13H,3-4,6,9-12H2,1-2H3,(H2,21,22,23). The third-order valence-corrected chi connectivity index (χ3v) is 3.26. The summed E-state index contributed by atoms with van der Waals surface area (Å²) in [6.45, 7) is 1.62. The van der Waals surface area contributed by atoms with Crippen LogP contribution in [0.3, 0.4) is 0 Å². The summed E-state index contributed by atoms with van der Waals surface area (Å²) in [6, 6.07) is 7.40. The molecule has 5 nitrogen and oxygen atoms in total. The molecular formula is C17H26F3N3O2. The van der Waals surface area contributed by atoms with Crippen molar-refractivity contribution in [2.45, 2.75) is 31.9 Å². The molecule has 1 aromatic rings. The maximum absolute atomic E-state index is 12.1. The molecule has 0 aromatic heterocycles. The minimum atomic E-state index is -4.09. The van der Waals surface area contributed by atoms with Crippen LogP contribution in [0.1, 0.15) is 25.7 Å². The highest BCUT2D eigenvalue weighted by Crippen LogP contribution is 2.22. The molecule has 0 saturated carbocycles. The monoisotopic (exact) mass is 361 g/mol. The molecule has 0 saturated heterocycles. The summed E-state index contributed by atoms with van der Waals surface area (Å²) in [6.07, 6.45) is -3.54. The minimum absolute atomic E-state index is 0.0955. The topological polar surface area (TPSA) is 54.9 Å². The summed E-state index contributed by atoms with van der Waals surface area (Å²) in [7, 11) is 3.25. The van der Waals surface area contributed by atoms with Crippen LogP contribution in [-0.4, -0.2) is 46.1 Å². The van der Waals surface area contributed by atoms with E-state index in [4.69, 9.17) is 9.47 Å². The van der Waals surface area contributed by atoms with Crippen molar-refractivity contribution >= 4 is 11.6 Å². The van der Waals surface area contributed by atoms with Gasteiger partial charge in [0.05, 0.1) is 6.61 Å². The zero-order chi connectivity index (χ0) is 18.5. The van der Waals surface area contributed by atoms with Crippen LogP contribution in [-0.2, 0) is 4.74 Å². The van der Waals surface area contributed by atoms with Crippen LogP contribution < -0.4 is 15.4 Å². The van der Waals surface area contributed by atoms with E-state index in [0.29, 0.717) is 32.1 Å². The van der Waals surface area contributed by atoms with Crippen molar-refractivity contribution in [3.63, 3.8) is 0 Å². The van der Waals surface area contributed by atoms with Gasteiger partial charge in [0.1, 0.15) is 5.75 Å². The Morgan fingerprint density at radius 2 is 1.96 bits per heavy atom. The highest BCUT2D eigenvalue weighted by atomic mass is 19.4. The number of nitrogens with one attached hydrogen (secondary N) is 2. The van der Waals surface area contributed by atoms with Crippen molar-refractivity contribution in [1.82, 2.24) is 5.32 Å². The number of guanidine groups is 1. The molecule has 0 aliphatic rings. The lowest BCUT2D eigenvalue weighted by Gasteiger charge is -2.13. The van der Waals surface area contributed by atoms with Crippen LogP contribution in [0, 0.1) is 0 Å². The number of anilines is 1. The molecule has 1 aromatic carbocycles. The SMILES string of the molecule is CN=C(NCCCCC(F)(F)F)Nc1cccc(OCCCOC)c1. The molecule has 0 aliphatic heterocycles. The first-order valence-corrected chi connectivity index (χ1v) is 8.21. The van der Waals surface area contributed by atoms with Crippen LogP contribution in [0.5, 0.6) is 5.75 Å². The number of benzene rings is 1. The second-order valence-electron chi connectivity index (χ2n) is 5.42. The Balaban J connectivity index is 2.37. The van der Waals surface area contributed by atoms with Gasteiger partial charge in [-0.3, -0.25) is 4.99 Å². The fourth-order valence-electron chi connectivity index (χ4n) is 2.03. The molecule has 25 heavy (non-hydrogen) atoms. The lowest BCUT2D eigenvalue weighted by Crippen LogP contribution is -2.31. The Morgan fingerprint density at radius 1 is 1.16 bits per heavy atom. The predicted molar refractivity (Wildman–Crippen MR) is 93.3 cm³/mol. The second-order valence-corrected chi connectivity index (χ2v) is 5.42. The number of hydrogen-bond donors (Lipinski definition) is 2. The number of halogens is 3. The highest BCUT2D eigenvalue weighted by molar-refractivity contribution is 5.93. The van der Waals surface area contributed by atoms with Crippen molar-refractivity contribution in [3.05, 3.63) is 24.3 Å². The Kier molecular flexibility index (Phi) is 9.76. The normalized spacial score (nSPS) is 12.1. The van der Waals surface area contributed by atoms with E-state index in [1.807, 2.05) is 24.3 Å². The second kappa shape index (κ2) is 11.6. The summed E-state index contributed by atoms with van der Waals surface area (Å²) in [5.41, 5.74) is 0.785. The number of ether oxygens (including phenoxy) is 2. The molecule has 0 spiro atoms. The van der Waals surface area contributed by atoms with Gasteiger partial charge in [-0.1, -0.05) is 6.07 Å². The Bertz CT molecular complexity index is 522. The van der Waals surface area contributed by atoms with Crippen molar-refractivity contribution in [2.75, 3.05) is 39.2 Å². The van der Waals surface area contributed by atoms with Gasteiger partial charge in [-0.05, 0) is 25.0 Å². The van der Waals surface area contributed by atoms with Gasteiger partial charge in [0, 0.05) is 51.9 Å². The first-order chi connectivity index (χ1) is 11.9. The average molecular weight is 361 g/mol. The fourth-order valence-corrected chi connectivity index (χ4v) is 2.03. The van der Waals surface area contributed by atoms with E-state index in [-0.39, 0.29) is 6.42 Å². The molecular weight excluding hydrogens is 335 g/mol. The van der Waals surface area contributed by atoms with E-state index >= 15 is 0 Å². The van der Waals surface area contributed by atoms with Gasteiger partial charge >= 0.3 is 6.18 Å². The van der Waals surface area contributed by atoms with Crippen LogP contribution in [0.15, 0.2) is 29.3 Å². The van der Waals surface area contributed by atoms with Gasteiger partial charge in [-0.25, -0.2) is 0 Å². The van der Waals surface area contributed by atoms with E-state index < -0.39 is 12.6 Å². The Morgan fingerprint density at radius 3 is 2.64 bits per heavy atom. The van der Waals surface area contributed by atoms with Crippen LogP contribution >= 0.6 is 0 Å². The number of rotatable bonds is 10.